The number of carboxylic acid groups (broad SMARTS) is 2. The number of nitrogens with two attached hydrogens (primary N) is 2. The van der Waals surface area contributed by atoms with Gasteiger partial charge < -0.3 is 31.3 Å². The Bertz CT molecular complexity index is 224. The van der Waals surface area contributed by atoms with E-state index in [1.165, 1.54) is 32.1 Å². The maximum atomic E-state index is 8.93. The molecule has 0 aliphatic heterocycles. The van der Waals surface area contributed by atoms with Crippen LogP contribution in [-0.4, -0.2) is 25.0 Å². The van der Waals surface area contributed by atoms with Crippen molar-refractivity contribution in [3.8, 4) is 0 Å². The van der Waals surface area contributed by atoms with Crippen molar-refractivity contribution < 1.29 is 40.9 Å². The van der Waals surface area contributed by atoms with Crippen LogP contribution in [0, 0.1) is 5.41 Å². The Kier molecular flexibility index (Phi) is 10.6. The van der Waals surface area contributed by atoms with E-state index in [2.05, 4.69) is 0 Å². The molecule has 0 aromatic heterocycles. The molecule has 0 heterocycles. The summed E-state index contributed by atoms with van der Waals surface area (Å²) in [5, 5.41) is 17.9. The largest absolute Gasteiger partial charge is 2.00 e. The summed E-state index contributed by atoms with van der Waals surface area (Å²) in [6.45, 7) is 1.56. The topological polar surface area (TPSA) is 132 Å². The molecule has 7 heteroatoms. The molecule has 1 fully saturated rings. The molecule has 1 saturated carbocycles. The molecule has 0 aromatic carbocycles. The number of carbonyl (C=O) groups excluding carboxylic acids is 2. The van der Waals surface area contributed by atoms with E-state index in [0.29, 0.717) is 5.41 Å². The number of carboxylic acids is 2. The van der Waals surface area contributed by atoms with Gasteiger partial charge in [0, 0.05) is 0 Å². The molecule has 17 heavy (non-hydrogen) atoms. The fourth-order valence-electron chi connectivity index (χ4n) is 1.79. The van der Waals surface area contributed by atoms with Crippen molar-refractivity contribution in [2.45, 2.75) is 32.1 Å². The molecule has 1 aliphatic rings. The van der Waals surface area contributed by atoms with Crippen LogP contribution in [0.5, 0.6) is 0 Å². The van der Waals surface area contributed by atoms with Crippen LogP contribution in [0.15, 0.2) is 0 Å². The second kappa shape index (κ2) is 9.57. The third kappa shape index (κ3) is 7.47. The molecule has 1 rings (SSSR count). The van der Waals surface area contributed by atoms with Gasteiger partial charge in [0.05, 0.1) is 11.9 Å². The Balaban J connectivity index is 0. The standard InChI is InChI=1S/C8H18N2.C2H2O4.Pt/c9-6-8(7-10)4-2-1-3-5-8;3-1(4)2(5)6;/h1-7,9-10H2;(H,3,4)(H,5,6);/q;;+2/p-2. The average Bonchev–Trinajstić information content (AvgIpc) is 2.30. The molecule has 0 aromatic rings. The summed E-state index contributed by atoms with van der Waals surface area (Å²) >= 11 is 0. The molecule has 0 radical (unpaired) electrons. The molecule has 0 unspecified atom stereocenters. The first-order chi connectivity index (χ1) is 7.47. The molecular formula is C10H18N2O4Pt. The summed E-state index contributed by atoms with van der Waals surface area (Å²) < 4.78 is 0. The zero-order chi connectivity index (χ0) is 12.6. The Morgan fingerprint density at radius 1 is 0.941 bits per heavy atom. The van der Waals surface area contributed by atoms with Crippen LogP contribution in [0.2, 0.25) is 0 Å². The normalized spacial score (nSPS) is 17.1. The van der Waals surface area contributed by atoms with Crippen LogP contribution >= 0.6 is 0 Å². The van der Waals surface area contributed by atoms with Gasteiger partial charge in [-0.1, -0.05) is 19.3 Å². The molecule has 0 atom stereocenters. The van der Waals surface area contributed by atoms with Gasteiger partial charge >= 0.3 is 21.1 Å². The molecule has 4 N–H and O–H groups in total. The molecule has 102 valence electrons. The van der Waals surface area contributed by atoms with E-state index in [1.54, 1.807) is 0 Å². The first kappa shape index (κ1) is 18.9. The van der Waals surface area contributed by atoms with E-state index in [4.69, 9.17) is 31.3 Å². The van der Waals surface area contributed by atoms with Crippen molar-refractivity contribution in [2.75, 3.05) is 13.1 Å². The predicted octanol–water partition coefficient (Wildman–Crippen LogP) is -2.66. The Labute approximate surface area is 115 Å². The van der Waals surface area contributed by atoms with E-state index in [0.717, 1.165) is 13.1 Å². The van der Waals surface area contributed by atoms with Gasteiger partial charge in [-0.25, -0.2) is 0 Å². The fraction of sp³-hybridized carbons (Fsp3) is 0.800. The van der Waals surface area contributed by atoms with Gasteiger partial charge in [-0.2, -0.15) is 0 Å². The minimum atomic E-state index is -2.19. The van der Waals surface area contributed by atoms with E-state index >= 15 is 0 Å². The molecule has 6 nitrogen and oxygen atoms in total. The number of hydrogen-bond donors (Lipinski definition) is 2. The summed E-state index contributed by atoms with van der Waals surface area (Å²) in [6, 6.07) is 0. The summed E-state index contributed by atoms with van der Waals surface area (Å²) in [4.78, 5) is 17.9. The maximum Gasteiger partial charge on any atom is 2.00 e. The maximum absolute atomic E-state index is 8.93. The van der Waals surface area contributed by atoms with Crippen LogP contribution in [0.1, 0.15) is 32.1 Å². The molecule has 1 aliphatic carbocycles. The summed E-state index contributed by atoms with van der Waals surface area (Å²) in [7, 11) is 0. The first-order valence-corrected chi connectivity index (χ1v) is 5.30. The van der Waals surface area contributed by atoms with Gasteiger partial charge in [0.15, 0.2) is 0 Å². The number of rotatable bonds is 2. The van der Waals surface area contributed by atoms with Crippen LogP contribution in [0.25, 0.3) is 0 Å². The van der Waals surface area contributed by atoms with Crippen LogP contribution in [-0.2, 0) is 30.7 Å². The molecular weight excluding hydrogens is 407 g/mol. The number of hydrogen-bond acceptors (Lipinski definition) is 6. The Morgan fingerprint density at radius 3 is 1.47 bits per heavy atom. The molecule has 0 bridgehead atoms. The second-order valence-corrected chi connectivity index (χ2v) is 4.04. The predicted molar refractivity (Wildman–Crippen MR) is 53.6 cm³/mol. The fourth-order valence-corrected chi connectivity index (χ4v) is 1.79. The van der Waals surface area contributed by atoms with Crippen molar-refractivity contribution in [2.24, 2.45) is 16.9 Å². The first-order valence-electron chi connectivity index (χ1n) is 5.30. The van der Waals surface area contributed by atoms with E-state index in [1.807, 2.05) is 0 Å². The minimum absolute atomic E-state index is 0. The van der Waals surface area contributed by atoms with Crippen LogP contribution in [0.3, 0.4) is 0 Å². The minimum Gasteiger partial charge on any atom is -0.543 e. The van der Waals surface area contributed by atoms with Crippen LogP contribution in [0.4, 0.5) is 0 Å². The van der Waals surface area contributed by atoms with Crippen molar-refractivity contribution in [3.05, 3.63) is 0 Å². The molecule has 0 amide bonds. The Hall–Kier alpha value is -0.452. The van der Waals surface area contributed by atoms with Crippen LogP contribution < -0.4 is 21.7 Å². The zero-order valence-electron chi connectivity index (χ0n) is 9.55. The van der Waals surface area contributed by atoms with Gasteiger partial charge in [0.1, 0.15) is 0 Å². The quantitative estimate of drug-likeness (QED) is 0.464. The second-order valence-electron chi connectivity index (χ2n) is 4.04. The average molecular weight is 425 g/mol. The smallest absolute Gasteiger partial charge is 0.543 e. The van der Waals surface area contributed by atoms with Gasteiger partial charge in [-0.3, -0.25) is 0 Å². The Morgan fingerprint density at radius 2 is 1.29 bits per heavy atom. The van der Waals surface area contributed by atoms with Crippen molar-refractivity contribution in [3.63, 3.8) is 0 Å². The van der Waals surface area contributed by atoms with Gasteiger partial charge in [-0.15, -0.1) is 0 Å². The van der Waals surface area contributed by atoms with Crippen molar-refractivity contribution in [1.82, 2.24) is 0 Å². The number of aliphatic carboxylic acids is 2. The SMILES string of the molecule is NCC1(CN)CCCCC1.O=C([O-])C(=O)[O-].[Pt+2]. The van der Waals surface area contributed by atoms with Crippen molar-refractivity contribution in [1.29, 1.82) is 0 Å². The summed E-state index contributed by atoms with van der Waals surface area (Å²) in [5.74, 6) is -4.37. The number of carbonyl (C=O) groups is 2. The zero-order valence-corrected chi connectivity index (χ0v) is 11.8. The summed E-state index contributed by atoms with van der Waals surface area (Å²) in [5.41, 5.74) is 11.7. The van der Waals surface area contributed by atoms with Gasteiger partial charge in [0.2, 0.25) is 0 Å². The third-order valence-corrected chi connectivity index (χ3v) is 2.95. The molecule has 0 spiro atoms. The summed E-state index contributed by atoms with van der Waals surface area (Å²) in [6.07, 6.45) is 6.53. The van der Waals surface area contributed by atoms with Crippen molar-refractivity contribution >= 4 is 11.9 Å². The third-order valence-electron chi connectivity index (χ3n) is 2.95. The van der Waals surface area contributed by atoms with Gasteiger partial charge in [0.25, 0.3) is 0 Å². The van der Waals surface area contributed by atoms with Gasteiger partial charge in [-0.05, 0) is 31.3 Å². The van der Waals surface area contributed by atoms with E-state index in [9.17, 15) is 0 Å². The van der Waals surface area contributed by atoms with E-state index < -0.39 is 11.9 Å². The monoisotopic (exact) mass is 425 g/mol. The van der Waals surface area contributed by atoms with E-state index in [-0.39, 0.29) is 21.1 Å². The molecule has 0 saturated heterocycles.